The Morgan fingerprint density at radius 2 is 1.81 bits per heavy atom. The summed E-state index contributed by atoms with van der Waals surface area (Å²) in [4.78, 5) is 9.51. The zero-order valence-corrected chi connectivity index (χ0v) is 19.2. The maximum Gasteiger partial charge on any atom is 0.193 e. The standard InChI is InChI=1S/C21H34N4O.HI/c1-22-21(23-12-16-24-13-5-3-4-6-14-24)25-15-11-19(17-25)18-7-9-20(26-2)10-8-18;/h7-10,19H,3-6,11-17H2,1-2H3,(H,22,23);1H. The average molecular weight is 486 g/mol. The van der Waals surface area contributed by atoms with Gasteiger partial charge < -0.3 is 19.9 Å². The third-order valence-corrected chi connectivity index (χ3v) is 5.70. The molecule has 1 atom stereocenters. The number of aliphatic imine (C=N–C) groups is 1. The third-order valence-electron chi connectivity index (χ3n) is 5.70. The van der Waals surface area contributed by atoms with Crippen molar-refractivity contribution in [3.05, 3.63) is 29.8 Å². The summed E-state index contributed by atoms with van der Waals surface area (Å²) in [6, 6.07) is 8.52. The number of nitrogens with one attached hydrogen (secondary N) is 1. The van der Waals surface area contributed by atoms with E-state index in [1.54, 1.807) is 7.11 Å². The second-order valence-corrected chi connectivity index (χ2v) is 7.43. The van der Waals surface area contributed by atoms with Gasteiger partial charge in [-0.15, -0.1) is 24.0 Å². The molecule has 1 aromatic rings. The van der Waals surface area contributed by atoms with Crippen LogP contribution in [0.2, 0.25) is 0 Å². The van der Waals surface area contributed by atoms with Crippen molar-refractivity contribution >= 4 is 29.9 Å². The zero-order valence-electron chi connectivity index (χ0n) is 16.8. The molecule has 1 N–H and O–H groups in total. The van der Waals surface area contributed by atoms with Gasteiger partial charge in [0.25, 0.3) is 0 Å². The van der Waals surface area contributed by atoms with Gasteiger partial charge in [-0.2, -0.15) is 0 Å². The van der Waals surface area contributed by atoms with Gasteiger partial charge in [-0.25, -0.2) is 0 Å². The molecule has 0 aliphatic carbocycles. The van der Waals surface area contributed by atoms with E-state index < -0.39 is 0 Å². The Kier molecular flexibility index (Phi) is 9.68. The minimum absolute atomic E-state index is 0. The highest BCUT2D eigenvalue weighted by atomic mass is 127. The van der Waals surface area contributed by atoms with Crippen LogP contribution in [0.4, 0.5) is 0 Å². The molecule has 27 heavy (non-hydrogen) atoms. The van der Waals surface area contributed by atoms with Crippen molar-refractivity contribution in [3.8, 4) is 5.75 Å². The zero-order chi connectivity index (χ0) is 18.2. The molecule has 152 valence electrons. The highest BCUT2D eigenvalue weighted by molar-refractivity contribution is 14.0. The first-order valence-electron chi connectivity index (χ1n) is 10.1. The molecule has 3 rings (SSSR count). The average Bonchev–Trinajstić information content (AvgIpc) is 3.02. The summed E-state index contributed by atoms with van der Waals surface area (Å²) in [6.45, 7) is 6.72. The van der Waals surface area contributed by atoms with Crippen molar-refractivity contribution in [3.63, 3.8) is 0 Å². The number of hydrogen-bond acceptors (Lipinski definition) is 3. The second-order valence-electron chi connectivity index (χ2n) is 7.43. The van der Waals surface area contributed by atoms with E-state index in [2.05, 4.69) is 44.4 Å². The predicted molar refractivity (Wildman–Crippen MR) is 124 cm³/mol. The molecule has 0 radical (unpaired) electrons. The molecule has 2 aliphatic heterocycles. The van der Waals surface area contributed by atoms with Crippen molar-refractivity contribution < 1.29 is 4.74 Å². The summed E-state index contributed by atoms with van der Waals surface area (Å²) in [5.74, 6) is 2.55. The molecule has 2 fully saturated rings. The Balaban J connectivity index is 0.00000261. The fourth-order valence-electron chi connectivity index (χ4n) is 4.12. The van der Waals surface area contributed by atoms with E-state index in [0.29, 0.717) is 5.92 Å². The smallest absolute Gasteiger partial charge is 0.193 e. The lowest BCUT2D eigenvalue weighted by Gasteiger charge is -2.24. The number of ether oxygens (including phenoxy) is 1. The number of nitrogens with zero attached hydrogens (tertiary/aromatic N) is 3. The Morgan fingerprint density at radius 3 is 2.44 bits per heavy atom. The van der Waals surface area contributed by atoms with Crippen molar-refractivity contribution in [1.29, 1.82) is 0 Å². The molecule has 0 bridgehead atoms. The van der Waals surface area contributed by atoms with E-state index in [9.17, 15) is 0 Å². The topological polar surface area (TPSA) is 40.1 Å². The van der Waals surface area contributed by atoms with Gasteiger partial charge in [0.1, 0.15) is 5.75 Å². The fraction of sp³-hybridized carbons (Fsp3) is 0.667. The summed E-state index contributed by atoms with van der Waals surface area (Å²) < 4.78 is 5.27. The molecule has 0 amide bonds. The minimum atomic E-state index is 0. The van der Waals surface area contributed by atoms with Crippen LogP contribution in [0.15, 0.2) is 29.3 Å². The van der Waals surface area contributed by atoms with Gasteiger partial charge in [-0.05, 0) is 50.0 Å². The highest BCUT2D eigenvalue weighted by Gasteiger charge is 2.26. The molecule has 0 spiro atoms. The van der Waals surface area contributed by atoms with Gasteiger partial charge in [0.15, 0.2) is 5.96 Å². The quantitative estimate of drug-likeness (QED) is 0.393. The predicted octanol–water partition coefficient (Wildman–Crippen LogP) is 3.55. The van der Waals surface area contributed by atoms with Gasteiger partial charge in [0.05, 0.1) is 7.11 Å². The lowest BCUT2D eigenvalue weighted by Crippen LogP contribution is -2.43. The van der Waals surface area contributed by atoms with Crippen LogP contribution < -0.4 is 10.1 Å². The van der Waals surface area contributed by atoms with Gasteiger partial charge in [-0.1, -0.05) is 25.0 Å². The molecule has 2 heterocycles. The summed E-state index contributed by atoms with van der Waals surface area (Å²) in [5.41, 5.74) is 1.40. The van der Waals surface area contributed by atoms with Crippen molar-refractivity contribution in [1.82, 2.24) is 15.1 Å². The molecule has 0 aromatic heterocycles. The van der Waals surface area contributed by atoms with Crippen LogP contribution in [-0.4, -0.2) is 69.2 Å². The van der Waals surface area contributed by atoms with E-state index in [1.165, 1.54) is 50.8 Å². The van der Waals surface area contributed by atoms with E-state index >= 15 is 0 Å². The van der Waals surface area contributed by atoms with Crippen LogP contribution in [-0.2, 0) is 0 Å². The van der Waals surface area contributed by atoms with Crippen LogP contribution in [0.1, 0.15) is 43.6 Å². The van der Waals surface area contributed by atoms with Crippen LogP contribution in [0, 0.1) is 0 Å². The molecular weight excluding hydrogens is 451 g/mol. The number of halogens is 1. The number of benzene rings is 1. The Bertz CT molecular complexity index is 570. The lowest BCUT2D eigenvalue weighted by molar-refractivity contribution is 0.288. The van der Waals surface area contributed by atoms with Crippen LogP contribution in [0.5, 0.6) is 5.75 Å². The van der Waals surface area contributed by atoms with Crippen molar-refractivity contribution in [2.24, 2.45) is 4.99 Å². The van der Waals surface area contributed by atoms with E-state index in [1.807, 2.05) is 7.05 Å². The molecule has 2 saturated heterocycles. The molecule has 6 heteroatoms. The number of hydrogen-bond donors (Lipinski definition) is 1. The van der Waals surface area contributed by atoms with Crippen LogP contribution in [0.25, 0.3) is 0 Å². The monoisotopic (exact) mass is 486 g/mol. The number of likely N-dealkylation sites (tertiary alicyclic amines) is 2. The van der Waals surface area contributed by atoms with E-state index in [-0.39, 0.29) is 24.0 Å². The first kappa shape index (κ1) is 22.3. The highest BCUT2D eigenvalue weighted by Crippen LogP contribution is 2.28. The lowest BCUT2D eigenvalue weighted by atomic mass is 9.98. The Labute approximate surface area is 181 Å². The molecule has 1 unspecified atom stereocenters. The largest absolute Gasteiger partial charge is 0.497 e. The molecule has 1 aromatic carbocycles. The normalized spacial score (nSPS) is 21.5. The van der Waals surface area contributed by atoms with Gasteiger partial charge in [0, 0.05) is 39.1 Å². The maximum atomic E-state index is 5.27. The summed E-state index contributed by atoms with van der Waals surface area (Å²) >= 11 is 0. The van der Waals surface area contributed by atoms with Crippen LogP contribution >= 0.6 is 24.0 Å². The number of rotatable bonds is 5. The van der Waals surface area contributed by atoms with Crippen molar-refractivity contribution in [2.45, 2.75) is 38.0 Å². The first-order valence-corrected chi connectivity index (χ1v) is 10.1. The Hall–Kier alpha value is -1.02. The number of guanidine groups is 1. The van der Waals surface area contributed by atoms with Gasteiger partial charge in [0.2, 0.25) is 0 Å². The maximum absolute atomic E-state index is 5.27. The summed E-state index contributed by atoms with van der Waals surface area (Å²) in [5, 5.41) is 3.58. The number of methoxy groups -OCH3 is 1. The molecular formula is C21H35IN4O. The summed E-state index contributed by atoms with van der Waals surface area (Å²) in [7, 11) is 3.61. The summed E-state index contributed by atoms with van der Waals surface area (Å²) in [6.07, 6.45) is 6.67. The van der Waals surface area contributed by atoms with E-state index in [0.717, 1.165) is 37.9 Å². The molecule has 2 aliphatic rings. The van der Waals surface area contributed by atoms with E-state index in [4.69, 9.17) is 4.74 Å². The Morgan fingerprint density at radius 1 is 1.11 bits per heavy atom. The fourth-order valence-corrected chi connectivity index (χ4v) is 4.12. The molecule has 5 nitrogen and oxygen atoms in total. The van der Waals surface area contributed by atoms with Crippen LogP contribution in [0.3, 0.4) is 0 Å². The molecule has 0 saturated carbocycles. The first-order chi connectivity index (χ1) is 12.8. The third kappa shape index (κ3) is 6.52. The second kappa shape index (κ2) is 11.7. The van der Waals surface area contributed by atoms with Gasteiger partial charge >= 0.3 is 0 Å². The van der Waals surface area contributed by atoms with Crippen molar-refractivity contribution in [2.75, 3.05) is 53.4 Å². The van der Waals surface area contributed by atoms with Gasteiger partial charge in [-0.3, -0.25) is 4.99 Å². The SMILES string of the molecule is CN=C(NCCN1CCCCCC1)N1CCC(c2ccc(OC)cc2)C1.I. The minimum Gasteiger partial charge on any atom is -0.497 e.